The molecule has 1 atom stereocenters. The molecule has 3 aromatic rings. The number of fused-ring (bicyclic) bond motifs is 1. The molecule has 120 valence electrons. The topological polar surface area (TPSA) is 12.9 Å². The van der Waals surface area contributed by atoms with E-state index in [-0.39, 0.29) is 10.8 Å². The molecule has 0 saturated heterocycles. The Hall–Kier alpha value is -2.41. The summed E-state index contributed by atoms with van der Waals surface area (Å²) in [5.74, 6) is 0. The molecule has 2 aromatic carbocycles. The zero-order chi connectivity index (χ0) is 16.9. The lowest BCUT2D eigenvalue weighted by molar-refractivity contribution is 0.615. The number of aryl methyl sites for hydroxylation is 1. The summed E-state index contributed by atoms with van der Waals surface area (Å²) in [6.45, 7) is 9.00. The molecule has 0 saturated carbocycles. The molecular formula is C23H23N. The second kappa shape index (κ2) is 5.04. The Kier molecular flexibility index (Phi) is 3.18. The first-order valence-corrected chi connectivity index (χ1v) is 8.60. The first-order chi connectivity index (χ1) is 11.5. The number of rotatable bonds is 3. The third-order valence-electron chi connectivity index (χ3n) is 5.66. The van der Waals surface area contributed by atoms with Gasteiger partial charge in [-0.1, -0.05) is 74.5 Å². The fourth-order valence-corrected chi connectivity index (χ4v) is 3.88. The SMILES string of the molecule is Cc1ccccc1C1(C)c2ccc(C(C)(C)c3ccccc3)nc21. The number of hydrogen-bond donors (Lipinski definition) is 0. The molecule has 4 rings (SSSR count). The highest BCUT2D eigenvalue weighted by atomic mass is 14.8. The molecule has 1 unspecified atom stereocenters. The Bertz CT molecular complexity index is 908. The van der Waals surface area contributed by atoms with E-state index in [1.54, 1.807) is 0 Å². The monoisotopic (exact) mass is 313 g/mol. The molecule has 0 aliphatic heterocycles. The first kappa shape index (κ1) is 15.1. The van der Waals surface area contributed by atoms with E-state index in [4.69, 9.17) is 4.98 Å². The van der Waals surface area contributed by atoms with Crippen molar-refractivity contribution in [1.29, 1.82) is 0 Å². The average Bonchev–Trinajstić information content (AvgIpc) is 3.21. The number of pyridine rings is 1. The Morgan fingerprint density at radius 3 is 2.17 bits per heavy atom. The first-order valence-electron chi connectivity index (χ1n) is 8.60. The Balaban J connectivity index is 1.76. The molecule has 0 fully saturated rings. The second-order valence-corrected chi connectivity index (χ2v) is 7.52. The molecule has 1 aliphatic carbocycles. The number of benzene rings is 2. The van der Waals surface area contributed by atoms with Crippen LogP contribution >= 0.6 is 0 Å². The normalized spacial score (nSPS) is 19.0. The van der Waals surface area contributed by atoms with Crippen LogP contribution in [0.1, 0.15) is 54.4 Å². The number of nitrogens with zero attached hydrogens (tertiary/aromatic N) is 1. The molecular weight excluding hydrogens is 290 g/mol. The highest BCUT2D eigenvalue weighted by Crippen LogP contribution is 2.54. The van der Waals surface area contributed by atoms with Crippen molar-refractivity contribution in [2.75, 3.05) is 0 Å². The summed E-state index contributed by atoms with van der Waals surface area (Å²) < 4.78 is 0. The van der Waals surface area contributed by atoms with Gasteiger partial charge in [-0.15, -0.1) is 0 Å². The summed E-state index contributed by atoms with van der Waals surface area (Å²) in [7, 11) is 0. The van der Waals surface area contributed by atoms with Gasteiger partial charge in [-0.05, 0) is 42.2 Å². The zero-order valence-corrected chi connectivity index (χ0v) is 14.8. The molecule has 1 aromatic heterocycles. The van der Waals surface area contributed by atoms with Crippen LogP contribution < -0.4 is 0 Å². The molecule has 1 nitrogen and oxygen atoms in total. The largest absolute Gasteiger partial charge is 0.255 e. The van der Waals surface area contributed by atoms with Crippen molar-refractivity contribution in [3.8, 4) is 0 Å². The Labute approximate surface area is 144 Å². The third kappa shape index (κ3) is 2.04. The smallest absolute Gasteiger partial charge is 0.0620 e. The lowest BCUT2D eigenvalue weighted by Crippen LogP contribution is -2.20. The summed E-state index contributed by atoms with van der Waals surface area (Å²) in [5.41, 5.74) is 7.65. The van der Waals surface area contributed by atoms with Crippen LogP contribution in [0.5, 0.6) is 0 Å². The van der Waals surface area contributed by atoms with Crippen LogP contribution in [-0.2, 0) is 10.8 Å². The minimum absolute atomic E-state index is 0.0175. The van der Waals surface area contributed by atoms with Crippen molar-refractivity contribution in [2.24, 2.45) is 0 Å². The van der Waals surface area contributed by atoms with Crippen molar-refractivity contribution in [1.82, 2.24) is 4.98 Å². The number of aromatic nitrogens is 1. The second-order valence-electron chi connectivity index (χ2n) is 7.52. The predicted molar refractivity (Wildman–Crippen MR) is 99.5 cm³/mol. The summed E-state index contributed by atoms with van der Waals surface area (Å²) in [5, 5.41) is 0. The van der Waals surface area contributed by atoms with Crippen LogP contribution in [0.4, 0.5) is 0 Å². The molecule has 0 spiro atoms. The average molecular weight is 313 g/mol. The van der Waals surface area contributed by atoms with Gasteiger partial charge < -0.3 is 0 Å². The van der Waals surface area contributed by atoms with Crippen molar-refractivity contribution in [3.63, 3.8) is 0 Å². The minimum atomic E-state index is -0.0917. The van der Waals surface area contributed by atoms with Gasteiger partial charge in [0.15, 0.2) is 0 Å². The fourth-order valence-electron chi connectivity index (χ4n) is 3.88. The van der Waals surface area contributed by atoms with Crippen molar-refractivity contribution in [3.05, 3.63) is 100 Å². The minimum Gasteiger partial charge on any atom is -0.255 e. The molecule has 0 N–H and O–H groups in total. The van der Waals surface area contributed by atoms with Gasteiger partial charge in [0.1, 0.15) is 0 Å². The molecule has 0 radical (unpaired) electrons. The fraction of sp³-hybridized carbons (Fsp3) is 0.261. The van der Waals surface area contributed by atoms with Crippen molar-refractivity contribution in [2.45, 2.75) is 38.5 Å². The highest BCUT2D eigenvalue weighted by molar-refractivity contribution is 5.65. The van der Waals surface area contributed by atoms with Gasteiger partial charge in [-0.3, -0.25) is 4.98 Å². The standard InChI is InChI=1S/C23H23N/c1-16-10-8-9-13-18(16)23(4)19-14-15-20(24-21(19)23)22(2,3)17-11-6-5-7-12-17/h5-15H,1-4H3. The lowest BCUT2D eigenvalue weighted by atomic mass is 9.81. The van der Waals surface area contributed by atoms with Crippen LogP contribution in [-0.4, -0.2) is 4.98 Å². The van der Waals surface area contributed by atoms with E-state index < -0.39 is 0 Å². The van der Waals surface area contributed by atoms with Crippen LogP contribution in [0.25, 0.3) is 0 Å². The van der Waals surface area contributed by atoms with Crippen LogP contribution in [0.2, 0.25) is 0 Å². The van der Waals surface area contributed by atoms with Crippen LogP contribution in [0.15, 0.2) is 66.7 Å². The number of hydrogen-bond acceptors (Lipinski definition) is 1. The Morgan fingerprint density at radius 2 is 1.46 bits per heavy atom. The molecule has 1 heteroatoms. The lowest BCUT2D eigenvalue weighted by Gasteiger charge is -2.24. The van der Waals surface area contributed by atoms with E-state index in [0.717, 1.165) is 5.69 Å². The van der Waals surface area contributed by atoms with E-state index in [2.05, 4.69) is 94.4 Å². The highest BCUT2D eigenvalue weighted by Gasteiger charge is 2.50. The van der Waals surface area contributed by atoms with E-state index in [1.165, 1.54) is 27.9 Å². The summed E-state index contributed by atoms with van der Waals surface area (Å²) in [6, 6.07) is 23.8. The maximum Gasteiger partial charge on any atom is 0.0620 e. The molecule has 1 heterocycles. The van der Waals surface area contributed by atoms with E-state index in [0.29, 0.717) is 0 Å². The predicted octanol–water partition coefficient (Wildman–Crippen LogP) is 5.38. The van der Waals surface area contributed by atoms with Gasteiger partial charge in [0.2, 0.25) is 0 Å². The molecule has 0 amide bonds. The van der Waals surface area contributed by atoms with Gasteiger partial charge in [0.05, 0.1) is 16.8 Å². The van der Waals surface area contributed by atoms with E-state index in [9.17, 15) is 0 Å². The van der Waals surface area contributed by atoms with Gasteiger partial charge in [-0.25, -0.2) is 0 Å². The molecule has 24 heavy (non-hydrogen) atoms. The summed E-state index contributed by atoms with van der Waals surface area (Å²) in [4.78, 5) is 5.08. The maximum atomic E-state index is 5.08. The van der Waals surface area contributed by atoms with Gasteiger partial charge in [0.25, 0.3) is 0 Å². The van der Waals surface area contributed by atoms with Crippen molar-refractivity contribution < 1.29 is 0 Å². The quantitative estimate of drug-likeness (QED) is 0.632. The maximum absolute atomic E-state index is 5.08. The van der Waals surface area contributed by atoms with Gasteiger partial charge in [0, 0.05) is 5.41 Å². The molecule has 1 aliphatic rings. The van der Waals surface area contributed by atoms with Gasteiger partial charge in [-0.2, -0.15) is 0 Å². The Morgan fingerprint density at radius 1 is 0.792 bits per heavy atom. The van der Waals surface area contributed by atoms with Crippen molar-refractivity contribution >= 4 is 0 Å². The van der Waals surface area contributed by atoms with Gasteiger partial charge >= 0.3 is 0 Å². The molecule has 0 bridgehead atoms. The van der Waals surface area contributed by atoms with E-state index in [1.807, 2.05) is 0 Å². The summed E-state index contributed by atoms with van der Waals surface area (Å²) >= 11 is 0. The third-order valence-corrected chi connectivity index (χ3v) is 5.66. The summed E-state index contributed by atoms with van der Waals surface area (Å²) in [6.07, 6.45) is 0. The van der Waals surface area contributed by atoms with Crippen LogP contribution in [0.3, 0.4) is 0 Å². The van der Waals surface area contributed by atoms with Crippen LogP contribution in [0, 0.1) is 6.92 Å². The van der Waals surface area contributed by atoms with E-state index >= 15 is 0 Å². The zero-order valence-electron chi connectivity index (χ0n) is 14.8.